The van der Waals surface area contributed by atoms with Gasteiger partial charge in [-0.1, -0.05) is 12.1 Å². The van der Waals surface area contributed by atoms with E-state index in [1.165, 1.54) is 12.1 Å². The number of benzene rings is 1. The van der Waals surface area contributed by atoms with E-state index < -0.39 is 5.82 Å². The van der Waals surface area contributed by atoms with Gasteiger partial charge in [-0.2, -0.15) is 0 Å². The van der Waals surface area contributed by atoms with Gasteiger partial charge in [-0.05, 0) is 18.6 Å². The first-order chi connectivity index (χ1) is 10.7. The Morgan fingerprint density at radius 1 is 1.27 bits per heavy atom. The molecule has 1 unspecified atom stereocenters. The molecule has 2 heterocycles. The van der Waals surface area contributed by atoms with Crippen molar-refractivity contribution in [3.63, 3.8) is 0 Å². The first-order valence-corrected chi connectivity index (χ1v) is 7.84. The number of ether oxygens (including phenoxy) is 1. The number of amides is 1. The second-order valence-corrected chi connectivity index (χ2v) is 5.79. The topological polar surface area (TPSA) is 44.8 Å². The van der Waals surface area contributed by atoms with Crippen molar-refractivity contribution in [3.05, 3.63) is 30.1 Å². The third kappa shape index (κ3) is 3.56. The SMILES string of the molecule is O=C(COc1ccccc1F)N1CCC(N2CCNCC2)C1. The van der Waals surface area contributed by atoms with Gasteiger partial charge >= 0.3 is 0 Å². The Hall–Kier alpha value is -1.66. The van der Waals surface area contributed by atoms with Crippen LogP contribution in [-0.4, -0.2) is 67.6 Å². The lowest BCUT2D eigenvalue weighted by atomic mass is 10.2. The fourth-order valence-corrected chi connectivity index (χ4v) is 3.11. The van der Waals surface area contributed by atoms with Gasteiger partial charge in [0.15, 0.2) is 18.2 Å². The molecule has 22 heavy (non-hydrogen) atoms. The van der Waals surface area contributed by atoms with E-state index in [0.29, 0.717) is 6.04 Å². The van der Waals surface area contributed by atoms with E-state index in [2.05, 4.69) is 10.2 Å². The lowest BCUT2D eigenvalue weighted by molar-refractivity contribution is -0.132. The Kier molecular flexibility index (Phi) is 4.90. The molecule has 1 aromatic carbocycles. The normalized spacial score (nSPS) is 22.8. The second-order valence-electron chi connectivity index (χ2n) is 5.79. The summed E-state index contributed by atoms with van der Waals surface area (Å²) in [4.78, 5) is 16.5. The number of piperazine rings is 1. The fraction of sp³-hybridized carbons (Fsp3) is 0.562. The molecule has 0 radical (unpaired) electrons. The summed E-state index contributed by atoms with van der Waals surface area (Å²) in [6.07, 6.45) is 1.01. The minimum Gasteiger partial charge on any atom is -0.481 e. The molecule has 0 aliphatic carbocycles. The summed E-state index contributed by atoms with van der Waals surface area (Å²) in [6, 6.07) is 6.60. The third-order valence-electron chi connectivity index (χ3n) is 4.37. The van der Waals surface area contributed by atoms with Crippen molar-refractivity contribution in [1.29, 1.82) is 0 Å². The smallest absolute Gasteiger partial charge is 0.260 e. The first-order valence-electron chi connectivity index (χ1n) is 7.84. The van der Waals surface area contributed by atoms with Crippen LogP contribution < -0.4 is 10.1 Å². The zero-order valence-corrected chi connectivity index (χ0v) is 12.6. The number of nitrogens with one attached hydrogen (secondary N) is 1. The standard InChI is InChI=1S/C16H22FN3O2/c17-14-3-1-2-4-15(14)22-12-16(21)20-8-5-13(11-20)19-9-6-18-7-10-19/h1-4,13,18H,5-12H2. The van der Waals surface area contributed by atoms with Crippen molar-refractivity contribution in [2.45, 2.75) is 12.5 Å². The van der Waals surface area contributed by atoms with Crippen molar-refractivity contribution in [1.82, 2.24) is 15.1 Å². The van der Waals surface area contributed by atoms with Crippen molar-refractivity contribution in [2.75, 3.05) is 45.9 Å². The zero-order valence-electron chi connectivity index (χ0n) is 12.6. The van der Waals surface area contributed by atoms with Crippen molar-refractivity contribution in [3.8, 4) is 5.75 Å². The molecule has 0 saturated carbocycles. The Bertz CT molecular complexity index is 520. The molecule has 1 atom stereocenters. The molecule has 2 saturated heterocycles. The minimum atomic E-state index is -0.435. The number of hydrogen-bond donors (Lipinski definition) is 1. The molecular weight excluding hydrogens is 285 g/mol. The Morgan fingerprint density at radius 2 is 2.05 bits per heavy atom. The molecule has 0 aromatic heterocycles. The highest BCUT2D eigenvalue weighted by atomic mass is 19.1. The van der Waals surface area contributed by atoms with Gasteiger partial charge in [0.25, 0.3) is 5.91 Å². The molecule has 1 N–H and O–H groups in total. The fourth-order valence-electron chi connectivity index (χ4n) is 3.11. The molecule has 0 spiro atoms. The molecule has 5 nitrogen and oxygen atoms in total. The average Bonchev–Trinajstić information content (AvgIpc) is 3.05. The molecule has 2 aliphatic heterocycles. The molecule has 1 aromatic rings. The van der Waals surface area contributed by atoms with Gasteiger partial charge in [0.2, 0.25) is 0 Å². The van der Waals surface area contributed by atoms with Gasteiger partial charge < -0.3 is 15.0 Å². The van der Waals surface area contributed by atoms with E-state index in [9.17, 15) is 9.18 Å². The quantitative estimate of drug-likeness (QED) is 0.890. The van der Waals surface area contributed by atoms with Gasteiger partial charge in [-0.25, -0.2) is 4.39 Å². The van der Waals surface area contributed by atoms with Crippen LogP contribution in [0.5, 0.6) is 5.75 Å². The number of carbonyl (C=O) groups excluding carboxylic acids is 1. The van der Waals surface area contributed by atoms with E-state index in [1.54, 1.807) is 12.1 Å². The maximum atomic E-state index is 13.5. The number of rotatable bonds is 4. The van der Waals surface area contributed by atoms with Crippen molar-refractivity contribution in [2.24, 2.45) is 0 Å². The summed E-state index contributed by atoms with van der Waals surface area (Å²) in [5.41, 5.74) is 0. The minimum absolute atomic E-state index is 0.0686. The van der Waals surface area contributed by atoms with Crippen LogP contribution in [0.25, 0.3) is 0 Å². The predicted octanol–water partition coefficient (Wildman–Crippen LogP) is 0.711. The largest absolute Gasteiger partial charge is 0.481 e. The predicted molar refractivity (Wildman–Crippen MR) is 81.3 cm³/mol. The molecule has 3 rings (SSSR count). The number of para-hydroxylation sites is 1. The Balaban J connectivity index is 1.48. The first kappa shape index (κ1) is 15.2. The van der Waals surface area contributed by atoms with Gasteiger partial charge in [-0.3, -0.25) is 9.69 Å². The zero-order chi connectivity index (χ0) is 15.4. The van der Waals surface area contributed by atoms with Crippen LogP contribution >= 0.6 is 0 Å². The molecular formula is C16H22FN3O2. The Labute approximate surface area is 130 Å². The lowest BCUT2D eigenvalue weighted by Crippen LogP contribution is -2.49. The lowest BCUT2D eigenvalue weighted by Gasteiger charge is -2.32. The van der Waals surface area contributed by atoms with Crippen LogP contribution in [0.1, 0.15) is 6.42 Å². The summed E-state index contributed by atoms with van der Waals surface area (Å²) in [5, 5.41) is 3.34. The van der Waals surface area contributed by atoms with Crippen LogP contribution in [0.15, 0.2) is 24.3 Å². The average molecular weight is 307 g/mol. The Morgan fingerprint density at radius 3 is 2.82 bits per heavy atom. The summed E-state index contributed by atoms with van der Waals surface area (Å²) in [7, 11) is 0. The van der Waals surface area contributed by atoms with E-state index in [0.717, 1.165) is 45.7 Å². The summed E-state index contributed by atoms with van der Waals surface area (Å²) < 4.78 is 18.8. The van der Waals surface area contributed by atoms with Crippen molar-refractivity contribution >= 4 is 5.91 Å². The number of nitrogens with zero attached hydrogens (tertiary/aromatic N) is 2. The number of hydrogen-bond acceptors (Lipinski definition) is 4. The van der Waals surface area contributed by atoms with Gasteiger partial charge in [0, 0.05) is 45.3 Å². The van der Waals surface area contributed by atoms with Crippen LogP contribution in [0.4, 0.5) is 4.39 Å². The molecule has 120 valence electrons. The van der Waals surface area contributed by atoms with E-state index in [-0.39, 0.29) is 18.3 Å². The third-order valence-corrected chi connectivity index (χ3v) is 4.37. The maximum Gasteiger partial charge on any atom is 0.260 e. The molecule has 2 aliphatic rings. The van der Waals surface area contributed by atoms with Gasteiger partial charge in [-0.15, -0.1) is 0 Å². The highest BCUT2D eigenvalue weighted by Crippen LogP contribution is 2.18. The van der Waals surface area contributed by atoms with Crippen molar-refractivity contribution < 1.29 is 13.9 Å². The molecule has 1 amide bonds. The van der Waals surface area contributed by atoms with Crippen LogP contribution in [-0.2, 0) is 4.79 Å². The molecule has 2 fully saturated rings. The molecule has 0 bridgehead atoms. The summed E-state index contributed by atoms with van der Waals surface area (Å²) in [5.74, 6) is -0.370. The van der Waals surface area contributed by atoms with Gasteiger partial charge in [0.05, 0.1) is 0 Å². The number of likely N-dealkylation sites (tertiary alicyclic amines) is 1. The van der Waals surface area contributed by atoms with Crippen LogP contribution in [0.3, 0.4) is 0 Å². The van der Waals surface area contributed by atoms with Crippen LogP contribution in [0, 0.1) is 5.82 Å². The molecule has 6 heteroatoms. The monoisotopic (exact) mass is 307 g/mol. The maximum absolute atomic E-state index is 13.5. The second kappa shape index (κ2) is 7.07. The number of carbonyl (C=O) groups is 1. The van der Waals surface area contributed by atoms with E-state index in [4.69, 9.17) is 4.74 Å². The van der Waals surface area contributed by atoms with E-state index >= 15 is 0 Å². The highest BCUT2D eigenvalue weighted by Gasteiger charge is 2.30. The van der Waals surface area contributed by atoms with Gasteiger partial charge in [0.1, 0.15) is 0 Å². The summed E-state index contributed by atoms with van der Waals surface area (Å²) in [6.45, 7) is 5.52. The number of halogens is 1. The van der Waals surface area contributed by atoms with Crippen LogP contribution in [0.2, 0.25) is 0 Å². The highest BCUT2D eigenvalue weighted by molar-refractivity contribution is 5.78. The summed E-state index contributed by atoms with van der Waals surface area (Å²) >= 11 is 0. The van der Waals surface area contributed by atoms with E-state index in [1.807, 2.05) is 4.90 Å².